The van der Waals surface area contributed by atoms with Crippen LogP contribution in [0.5, 0.6) is 5.75 Å². The third-order valence-electron chi connectivity index (χ3n) is 4.41. The molecule has 0 spiro atoms. The predicted molar refractivity (Wildman–Crippen MR) is 81.3 cm³/mol. The lowest BCUT2D eigenvalue weighted by Crippen LogP contribution is -2.32. The Balaban J connectivity index is 2.34. The number of nitriles is 1. The summed E-state index contributed by atoms with van der Waals surface area (Å²) in [6.07, 6.45) is 2.69. The van der Waals surface area contributed by atoms with Gasteiger partial charge in [-0.2, -0.15) is 5.26 Å². The van der Waals surface area contributed by atoms with E-state index in [2.05, 4.69) is 28.9 Å². The predicted octanol–water partition coefficient (Wildman–Crippen LogP) is 4.21. The maximum Gasteiger partial charge on any atom is 0.119 e. The van der Waals surface area contributed by atoms with Crippen molar-refractivity contribution in [2.75, 3.05) is 7.11 Å². The Labute approximate surface area is 128 Å². The fourth-order valence-corrected chi connectivity index (χ4v) is 3.34. The third-order valence-corrected chi connectivity index (χ3v) is 5.13. The van der Waals surface area contributed by atoms with Gasteiger partial charge in [-0.3, -0.25) is 0 Å². The summed E-state index contributed by atoms with van der Waals surface area (Å²) in [4.78, 5) is 0. The Bertz CT molecular complexity index is 516. The molecule has 1 aromatic carbocycles. The van der Waals surface area contributed by atoms with Gasteiger partial charge in [-0.25, -0.2) is 0 Å². The molecule has 0 amide bonds. The zero-order valence-corrected chi connectivity index (χ0v) is 13.5. The summed E-state index contributed by atoms with van der Waals surface area (Å²) >= 11 is 3.47. The van der Waals surface area contributed by atoms with Gasteiger partial charge in [-0.15, -0.1) is 0 Å². The lowest BCUT2D eigenvalue weighted by Gasteiger charge is -2.37. The van der Waals surface area contributed by atoms with Crippen molar-refractivity contribution in [3.8, 4) is 11.8 Å². The van der Waals surface area contributed by atoms with Crippen LogP contribution >= 0.6 is 15.9 Å². The minimum absolute atomic E-state index is 0.637. The van der Waals surface area contributed by atoms with E-state index < -0.39 is 11.5 Å². The maximum absolute atomic E-state index is 10.8. The fourth-order valence-electron chi connectivity index (χ4n) is 2.88. The number of hydrogen-bond acceptors (Lipinski definition) is 3. The second kappa shape index (κ2) is 6.15. The molecule has 3 nitrogen and oxygen atoms in total. The number of ether oxygens (including phenoxy) is 1. The highest BCUT2D eigenvalue weighted by atomic mass is 79.9. The summed E-state index contributed by atoms with van der Waals surface area (Å²) in [5.41, 5.74) is 0.0574. The monoisotopic (exact) mass is 337 g/mol. The molecule has 2 rings (SSSR count). The van der Waals surface area contributed by atoms with E-state index in [0.29, 0.717) is 11.7 Å². The van der Waals surface area contributed by atoms with Gasteiger partial charge in [0.05, 0.1) is 24.7 Å². The SMILES string of the molecule is COc1ccc(Br)c(C(O)C2(C#N)CCC(C)CC2)c1. The number of aliphatic hydroxyl groups excluding tert-OH is 1. The lowest BCUT2D eigenvalue weighted by molar-refractivity contribution is 0.0260. The summed E-state index contributed by atoms with van der Waals surface area (Å²) in [6, 6.07) is 7.89. The molecular formula is C16H20BrNO2. The van der Waals surface area contributed by atoms with Crippen LogP contribution < -0.4 is 4.74 Å². The average Bonchev–Trinajstić information content (AvgIpc) is 2.48. The average molecular weight is 338 g/mol. The van der Waals surface area contributed by atoms with Gasteiger partial charge >= 0.3 is 0 Å². The first-order valence-electron chi connectivity index (χ1n) is 6.95. The van der Waals surface area contributed by atoms with Crippen LogP contribution in [0, 0.1) is 22.7 Å². The van der Waals surface area contributed by atoms with Crippen molar-refractivity contribution in [3.63, 3.8) is 0 Å². The van der Waals surface area contributed by atoms with Crippen LogP contribution in [0.4, 0.5) is 0 Å². The molecule has 108 valence electrons. The van der Waals surface area contributed by atoms with Crippen molar-refractivity contribution < 1.29 is 9.84 Å². The molecule has 1 atom stereocenters. The van der Waals surface area contributed by atoms with Crippen molar-refractivity contribution >= 4 is 15.9 Å². The molecule has 1 fully saturated rings. The van der Waals surface area contributed by atoms with Gasteiger partial charge in [0.1, 0.15) is 5.75 Å². The number of methoxy groups -OCH3 is 1. The highest BCUT2D eigenvalue weighted by Gasteiger charge is 2.42. The molecule has 0 heterocycles. The van der Waals surface area contributed by atoms with E-state index in [0.717, 1.165) is 35.7 Å². The Morgan fingerprint density at radius 1 is 1.45 bits per heavy atom. The van der Waals surface area contributed by atoms with E-state index in [1.807, 2.05) is 18.2 Å². The van der Waals surface area contributed by atoms with E-state index in [4.69, 9.17) is 4.74 Å². The van der Waals surface area contributed by atoms with Crippen LogP contribution in [-0.4, -0.2) is 12.2 Å². The first kappa shape index (κ1) is 15.3. The number of hydrogen-bond donors (Lipinski definition) is 1. The summed E-state index contributed by atoms with van der Waals surface area (Å²) in [7, 11) is 1.60. The quantitative estimate of drug-likeness (QED) is 0.898. The number of benzene rings is 1. The van der Waals surface area contributed by atoms with Crippen LogP contribution in [0.2, 0.25) is 0 Å². The lowest BCUT2D eigenvalue weighted by atomic mass is 9.67. The van der Waals surface area contributed by atoms with E-state index in [1.54, 1.807) is 7.11 Å². The van der Waals surface area contributed by atoms with E-state index in [1.165, 1.54) is 0 Å². The minimum atomic E-state index is -0.788. The Morgan fingerprint density at radius 3 is 2.65 bits per heavy atom. The third kappa shape index (κ3) is 2.84. The van der Waals surface area contributed by atoms with Gasteiger partial charge < -0.3 is 9.84 Å². The molecule has 1 unspecified atom stereocenters. The molecule has 0 radical (unpaired) electrons. The van der Waals surface area contributed by atoms with Crippen LogP contribution in [0.25, 0.3) is 0 Å². The highest BCUT2D eigenvalue weighted by molar-refractivity contribution is 9.10. The molecule has 1 saturated carbocycles. The van der Waals surface area contributed by atoms with Gasteiger partial charge in [-0.1, -0.05) is 22.9 Å². The van der Waals surface area contributed by atoms with Crippen LogP contribution in [0.1, 0.15) is 44.3 Å². The summed E-state index contributed by atoms with van der Waals surface area (Å²) < 4.78 is 6.03. The van der Waals surface area contributed by atoms with Gasteiger partial charge in [0.2, 0.25) is 0 Å². The molecule has 0 bridgehead atoms. The van der Waals surface area contributed by atoms with Gasteiger partial charge in [0, 0.05) is 4.47 Å². The summed E-state index contributed by atoms with van der Waals surface area (Å²) in [5.74, 6) is 1.33. The molecule has 1 N–H and O–H groups in total. The smallest absolute Gasteiger partial charge is 0.119 e. The second-order valence-corrected chi connectivity index (χ2v) is 6.59. The van der Waals surface area contributed by atoms with E-state index >= 15 is 0 Å². The Kier molecular flexibility index (Phi) is 4.72. The molecule has 1 aliphatic carbocycles. The van der Waals surface area contributed by atoms with Gasteiger partial charge in [0.25, 0.3) is 0 Å². The minimum Gasteiger partial charge on any atom is -0.497 e. The zero-order valence-electron chi connectivity index (χ0n) is 11.9. The van der Waals surface area contributed by atoms with Crippen molar-refractivity contribution in [1.29, 1.82) is 5.26 Å². The largest absolute Gasteiger partial charge is 0.497 e. The maximum atomic E-state index is 10.8. The first-order chi connectivity index (χ1) is 9.52. The van der Waals surface area contributed by atoms with Gasteiger partial charge in [0.15, 0.2) is 0 Å². The Morgan fingerprint density at radius 2 is 2.10 bits per heavy atom. The first-order valence-corrected chi connectivity index (χ1v) is 7.74. The Hall–Kier alpha value is -1.05. The van der Waals surface area contributed by atoms with Crippen LogP contribution in [0.3, 0.4) is 0 Å². The topological polar surface area (TPSA) is 53.2 Å². The molecule has 0 saturated heterocycles. The van der Waals surface area contributed by atoms with E-state index in [9.17, 15) is 10.4 Å². The molecule has 4 heteroatoms. The van der Waals surface area contributed by atoms with Crippen molar-refractivity contribution in [2.45, 2.75) is 38.7 Å². The van der Waals surface area contributed by atoms with Crippen molar-refractivity contribution in [1.82, 2.24) is 0 Å². The molecule has 1 aliphatic rings. The molecule has 1 aromatic rings. The second-order valence-electron chi connectivity index (χ2n) is 5.74. The number of nitrogens with zero attached hydrogens (tertiary/aromatic N) is 1. The molecule has 0 aliphatic heterocycles. The number of rotatable bonds is 3. The molecule has 0 aromatic heterocycles. The van der Waals surface area contributed by atoms with Crippen molar-refractivity contribution in [2.24, 2.45) is 11.3 Å². The fraction of sp³-hybridized carbons (Fsp3) is 0.562. The van der Waals surface area contributed by atoms with Crippen LogP contribution in [-0.2, 0) is 0 Å². The van der Waals surface area contributed by atoms with Gasteiger partial charge in [-0.05, 0) is 55.4 Å². The molecular weight excluding hydrogens is 318 g/mol. The van der Waals surface area contributed by atoms with E-state index in [-0.39, 0.29) is 0 Å². The number of halogens is 1. The summed E-state index contributed by atoms with van der Waals surface area (Å²) in [6.45, 7) is 2.20. The van der Waals surface area contributed by atoms with Crippen molar-refractivity contribution in [3.05, 3.63) is 28.2 Å². The summed E-state index contributed by atoms with van der Waals surface area (Å²) in [5, 5.41) is 20.4. The number of aliphatic hydroxyl groups is 1. The standard InChI is InChI=1S/C16H20BrNO2/c1-11-5-7-16(10-18,8-6-11)15(19)13-9-12(20-2)3-4-14(13)17/h3-4,9,11,15,19H,5-8H2,1-2H3. The van der Waals surface area contributed by atoms with Crippen LogP contribution in [0.15, 0.2) is 22.7 Å². The molecule has 20 heavy (non-hydrogen) atoms. The highest BCUT2D eigenvalue weighted by Crippen LogP contribution is 2.48. The zero-order chi connectivity index (χ0) is 14.8. The normalized spacial score (nSPS) is 27.6.